The van der Waals surface area contributed by atoms with Gasteiger partial charge in [0, 0.05) is 13.1 Å². The third-order valence-corrected chi connectivity index (χ3v) is 4.89. The summed E-state index contributed by atoms with van der Waals surface area (Å²) < 4.78 is 12.0. The fourth-order valence-corrected chi connectivity index (χ4v) is 3.39. The minimum Gasteiger partial charge on any atom is -0.497 e. The molecule has 1 atom stereocenters. The molecule has 27 heavy (non-hydrogen) atoms. The Kier molecular flexibility index (Phi) is 5.78. The summed E-state index contributed by atoms with van der Waals surface area (Å²) in [4.78, 5) is 26.7. The van der Waals surface area contributed by atoms with E-state index in [1.54, 1.807) is 29.8 Å². The van der Waals surface area contributed by atoms with Gasteiger partial charge in [0.2, 0.25) is 0 Å². The van der Waals surface area contributed by atoms with Crippen LogP contribution in [0.15, 0.2) is 30.5 Å². The number of carbonyl (C=O) groups excluding carboxylic acids is 2. The van der Waals surface area contributed by atoms with Gasteiger partial charge >= 0.3 is 5.97 Å². The van der Waals surface area contributed by atoms with Gasteiger partial charge in [-0.3, -0.25) is 9.59 Å². The first-order valence-electron chi connectivity index (χ1n) is 9.20. The molecule has 2 aromatic rings. The summed E-state index contributed by atoms with van der Waals surface area (Å²) in [5.41, 5.74) is 2.18. The highest BCUT2D eigenvalue weighted by Crippen LogP contribution is 2.23. The molecule has 1 amide bonds. The van der Waals surface area contributed by atoms with Crippen LogP contribution in [0.2, 0.25) is 0 Å². The van der Waals surface area contributed by atoms with Crippen LogP contribution in [0.1, 0.15) is 35.8 Å². The number of methoxy groups -OCH3 is 1. The Morgan fingerprint density at radius 1 is 1.26 bits per heavy atom. The summed E-state index contributed by atoms with van der Waals surface area (Å²) in [7, 11) is 1.62. The van der Waals surface area contributed by atoms with Crippen LogP contribution < -0.4 is 4.74 Å². The van der Waals surface area contributed by atoms with Crippen molar-refractivity contribution in [2.24, 2.45) is 5.92 Å². The third kappa shape index (κ3) is 3.97. The molecule has 7 heteroatoms. The molecule has 0 N–H and O–H groups in total. The lowest BCUT2D eigenvalue weighted by Crippen LogP contribution is -2.43. The van der Waals surface area contributed by atoms with Crippen LogP contribution in [-0.4, -0.2) is 53.4 Å². The van der Waals surface area contributed by atoms with Crippen molar-refractivity contribution in [2.75, 3.05) is 26.8 Å². The van der Waals surface area contributed by atoms with Crippen molar-refractivity contribution >= 4 is 11.9 Å². The van der Waals surface area contributed by atoms with Crippen LogP contribution in [0.3, 0.4) is 0 Å². The van der Waals surface area contributed by atoms with E-state index in [1.807, 2.05) is 31.2 Å². The Balaban J connectivity index is 1.77. The maximum atomic E-state index is 13.0. The fourth-order valence-electron chi connectivity index (χ4n) is 3.39. The number of carbonyl (C=O) groups is 2. The van der Waals surface area contributed by atoms with Crippen LogP contribution in [0.5, 0.6) is 5.75 Å². The van der Waals surface area contributed by atoms with Crippen LogP contribution in [0, 0.1) is 12.8 Å². The van der Waals surface area contributed by atoms with Crippen molar-refractivity contribution in [3.05, 3.63) is 41.7 Å². The molecule has 0 unspecified atom stereocenters. The number of amides is 1. The molecule has 1 aliphatic rings. The molecule has 1 aliphatic heterocycles. The van der Waals surface area contributed by atoms with E-state index in [-0.39, 0.29) is 17.8 Å². The quantitative estimate of drug-likeness (QED) is 0.756. The molecule has 1 aromatic carbocycles. The van der Waals surface area contributed by atoms with Crippen molar-refractivity contribution in [3.8, 4) is 11.4 Å². The molecule has 7 nitrogen and oxygen atoms in total. The Bertz CT molecular complexity index is 813. The highest BCUT2D eigenvalue weighted by atomic mass is 16.5. The number of benzene rings is 1. The highest BCUT2D eigenvalue weighted by Gasteiger charge is 2.31. The maximum absolute atomic E-state index is 13.0. The predicted molar refractivity (Wildman–Crippen MR) is 100 cm³/mol. The van der Waals surface area contributed by atoms with Crippen molar-refractivity contribution in [1.82, 2.24) is 14.7 Å². The molecule has 3 rings (SSSR count). The molecule has 0 radical (unpaired) electrons. The van der Waals surface area contributed by atoms with Gasteiger partial charge in [-0.2, -0.15) is 5.10 Å². The van der Waals surface area contributed by atoms with Gasteiger partial charge in [0.05, 0.1) is 42.8 Å². The molecule has 1 aromatic heterocycles. The number of ether oxygens (including phenoxy) is 2. The van der Waals surface area contributed by atoms with Crippen molar-refractivity contribution in [2.45, 2.75) is 26.7 Å². The monoisotopic (exact) mass is 371 g/mol. The molecule has 0 bridgehead atoms. The fraction of sp³-hybridized carbons (Fsp3) is 0.450. The normalized spacial score (nSPS) is 16.9. The Morgan fingerprint density at radius 2 is 2.00 bits per heavy atom. The molecule has 1 saturated heterocycles. The Hall–Kier alpha value is -2.83. The average molecular weight is 371 g/mol. The van der Waals surface area contributed by atoms with Gasteiger partial charge in [0.25, 0.3) is 5.91 Å². The molecule has 0 spiro atoms. The SMILES string of the molecule is CCOC(=O)[C@H]1CCCN(C(=O)c2cnn(-c3ccc(OC)cc3)c2C)C1. The van der Waals surface area contributed by atoms with E-state index in [0.29, 0.717) is 25.3 Å². The molecular formula is C20H25N3O4. The molecule has 1 fully saturated rings. The number of nitrogens with zero attached hydrogens (tertiary/aromatic N) is 3. The first-order chi connectivity index (χ1) is 13.0. The number of rotatable bonds is 5. The summed E-state index contributed by atoms with van der Waals surface area (Å²) in [6.45, 7) is 5.06. The first-order valence-corrected chi connectivity index (χ1v) is 9.20. The Labute approximate surface area is 158 Å². The number of hydrogen-bond donors (Lipinski definition) is 0. The van der Waals surface area contributed by atoms with Gasteiger partial charge in [0.1, 0.15) is 5.75 Å². The van der Waals surface area contributed by atoms with Crippen molar-refractivity contribution < 1.29 is 19.1 Å². The average Bonchev–Trinajstić information content (AvgIpc) is 3.09. The second-order valence-electron chi connectivity index (χ2n) is 6.60. The summed E-state index contributed by atoms with van der Waals surface area (Å²) in [5.74, 6) is 0.194. The van der Waals surface area contributed by atoms with E-state index in [1.165, 1.54) is 0 Å². The van der Waals surface area contributed by atoms with Crippen LogP contribution in [0.25, 0.3) is 5.69 Å². The topological polar surface area (TPSA) is 73.7 Å². The second kappa shape index (κ2) is 8.24. The van der Waals surface area contributed by atoms with Gasteiger partial charge in [0.15, 0.2) is 0 Å². The zero-order valence-electron chi connectivity index (χ0n) is 16.0. The molecule has 0 aliphatic carbocycles. The van der Waals surface area contributed by atoms with Crippen LogP contribution in [-0.2, 0) is 9.53 Å². The number of esters is 1. The van der Waals surface area contributed by atoms with E-state index < -0.39 is 0 Å². The van der Waals surface area contributed by atoms with E-state index in [2.05, 4.69) is 5.10 Å². The lowest BCUT2D eigenvalue weighted by molar-refractivity contribution is -0.149. The number of likely N-dealkylation sites (tertiary alicyclic amines) is 1. The van der Waals surface area contributed by atoms with Crippen molar-refractivity contribution in [1.29, 1.82) is 0 Å². The summed E-state index contributed by atoms with van der Waals surface area (Å²) >= 11 is 0. The molecular weight excluding hydrogens is 346 g/mol. The van der Waals surface area contributed by atoms with Crippen LogP contribution in [0.4, 0.5) is 0 Å². The summed E-state index contributed by atoms with van der Waals surface area (Å²) in [6.07, 6.45) is 3.14. The lowest BCUT2D eigenvalue weighted by atomic mass is 9.97. The smallest absolute Gasteiger partial charge is 0.310 e. The largest absolute Gasteiger partial charge is 0.497 e. The second-order valence-corrected chi connectivity index (χ2v) is 6.60. The van der Waals surface area contributed by atoms with E-state index in [9.17, 15) is 9.59 Å². The van der Waals surface area contributed by atoms with Gasteiger partial charge in [-0.05, 0) is 51.0 Å². The molecule has 144 valence electrons. The number of hydrogen-bond acceptors (Lipinski definition) is 5. The zero-order valence-corrected chi connectivity index (χ0v) is 16.0. The molecule has 0 saturated carbocycles. The summed E-state index contributed by atoms with van der Waals surface area (Å²) in [6, 6.07) is 7.49. The van der Waals surface area contributed by atoms with Gasteiger partial charge in [-0.1, -0.05) is 0 Å². The highest BCUT2D eigenvalue weighted by molar-refractivity contribution is 5.95. The lowest BCUT2D eigenvalue weighted by Gasteiger charge is -2.31. The van der Waals surface area contributed by atoms with E-state index in [4.69, 9.17) is 9.47 Å². The maximum Gasteiger partial charge on any atom is 0.310 e. The Morgan fingerprint density at radius 3 is 2.67 bits per heavy atom. The minimum absolute atomic E-state index is 0.0961. The zero-order chi connectivity index (χ0) is 19.4. The standard InChI is InChI=1S/C20H25N3O4/c1-4-27-20(25)15-6-5-11-22(13-15)19(24)18-12-21-23(14(18)2)16-7-9-17(26-3)10-8-16/h7-10,12,15H,4-6,11,13H2,1-3H3/t15-/m0/s1. The number of piperidine rings is 1. The predicted octanol–water partition coefficient (Wildman–Crippen LogP) is 2.60. The van der Waals surface area contributed by atoms with Crippen molar-refractivity contribution in [3.63, 3.8) is 0 Å². The van der Waals surface area contributed by atoms with E-state index >= 15 is 0 Å². The van der Waals surface area contributed by atoms with Gasteiger partial charge < -0.3 is 14.4 Å². The minimum atomic E-state index is -0.250. The van der Waals surface area contributed by atoms with Crippen LogP contribution >= 0.6 is 0 Å². The number of aromatic nitrogens is 2. The van der Waals surface area contributed by atoms with Gasteiger partial charge in [-0.25, -0.2) is 4.68 Å². The van der Waals surface area contributed by atoms with E-state index in [0.717, 1.165) is 30.0 Å². The van der Waals surface area contributed by atoms with Gasteiger partial charge in [-0.15, -0.1) is 0 Å². The third-order valence-electron chi connectivity index (χ3n) is 4.89. The summed E-state index contributed by atoms with van der Waals surface area (Å²) in [5, 5.41) is 4.38. The first kappa shape index (κ1) is 18.9. The molecule has 2 heterocycles.